The van der Waals surface area contributed by atoms with Gasteiger partial charge in [0.15, 0.2) is 0 Å². The van der Waals surface area contributed by atoms with Crippen LogP contribution in [0, 0.1) is 0 Å². The smallest absolute Gasteiger partial charge is 0.223 e. The van der Waals surface area contributed by atoms with E-state index >= 15 is 0 Å². The quantitative estimate of drug-likeness (QED) is 0.768. The second-order valence-corrected chi connectivity index (χ2v) is 4.62. The Morgan fingerprint density at radius 3 is 2.72 bits per heavy atom. The third-order valence-electron chi connectivity index (χ3n) is 2.19. The van der Waals surface area contributed by atoms with E-state index in [2.05, 4.69) is 5.32 Å². The lowest BCUT2D eigenvalue weighted by Crippen LogP contribution is -2.31. The van der Waals surface area contributed by atoms with Crippen molar-refractivity contribution in [2.24, 2.45) is 5.73 Å². The topological polar surface area (TPSA) is 64.3 Å². The lowest BCUT2D eigenvalue weighted by atomic mass is 10.2. The Morgan fingerprint density at radius 2 is 2.11 bits per heavy atom. The van der Waals surface area contributed by atoms with E-state index in [-0.39, 0.29) is 16.9 Å². The van der Waals surface area contributed by atoms with Crippen LogP contribution in [0.5, 0.6) is 5.75 Å². The first kappa shape index (κ1) is 14.4. The van der Waals surface area contributed by atoms with Crippen molar-refractivity contribution in [3.05, 3.63) is 29.8 Å². The number of nitrogens with two attached hydrogens (primary N) is 1. The van der Waals surface area contributed by atoms with Crippen LogP contribution in [0.2, 0.25) is 0 Å². The maximum atomic E-state index is 11.4. The third kappa shape index (κ3) is 4.71. The minimum absolute atomic E-state index is 0.0298. The first-order valence-corrected chi connectivity index (χ1v) is 6.22. The molecule has 5 heteroatoms. The minimum atomic E-state index is -0.0298. The molecule has 0 bridgehead atoms. The zero-order chi connectivity index (χ0) is 13.5. The second kappa shape index (κ2) is 6.96. The highest BCUT2D eigenvalue weighted by molar-refractivity contribution is 7.80. The van der Waals surface area contributed by atoms with Crippen molar-refractivity contribution < 1.29 is 9.53 Å². The highest BCUT2D eigenvalue weighted by Gasteiger charge is 2.07. The van der Waals surface area contributed by atoms with Crippen molar-refractivity contribution in [1.29, 1.82) is 0 Å². The molecule has 0 aliphatic carbocycles. The van der Waals surface area contributed by atoms with Gasteiger partial charge >= 0.3 is 0 Å². The monoisotopic (exact) mass is 266 g/mol. The third-order valence-corrected chi connectivity index (χ3v) is 2.41. The Hall–Kier alpha value is -1.62. The van der Waals surface area contributed by atoms with E-state index in [1.165, 1.54) is 0 Å². The Balaban J connectivity index is 2.49. The van der Waals surface area contributed by atoms with Crippen LogP contribution in [-0.2, 0) is 4.79 Å². The van der Waals surface area contributed by atoms with Crippen molar-refractivity contribution in [1.82, 2.24) is 5.32 Å². The van der Waals surface area contributed by atoms with Gasteiger partial charge in [0.2, 0.25) is 5.91 Å². The molecule has 3 N–H and O–H groups in total. The fourth-order valence-electron chi connectivity index (χ4n) is 1.44. The molecule has 0 spiro atoms. The fourth-order valence-corrected chi connectivity index (χ4v) is 1.61. The van der Waals surface area contributed by atoms with Crippen molar-refractivity contribution in [2.75, 3.05) is 6.61 Å². The first-order chi connectivity index (χ1) is 8.50. The summed E-state index contributed by atoms with van der Waals surface area (Å²) in [4.78, 5) is 11.7. The van der Waals surface area contributed by atoms with Gasteiger partial charge in [-0.05, 0) is 26.0 Å². The molecule has 0 radical (unpaired) electrons. The van der Waals surface area contributed by atoms with Gasteiger partial charge in [-0.15, -0.1) is 0 Å². The SMILES string of the molecule is CC(C)NC(=O)CCOc1ccccc1C(N)=S. The number of amides is 1. The lowest BCUT2D eigenvalue weighted by Gasteiger charge is -2.11. The highest BCUT2D eigenvalue weighted by Crippen LogP contribution is 2.17. The zero-order valence-electron chi connectivity index (χ0n) is 10.6. The average molecular weight is 266 g/mol. The molecule has 0 unspecified atom stereocenters. The van der Waals surface area contributed by atoms with Crippen molar-refractivity contribution in [2.45, 2.75) is 26.3 Å². The molecule has 18 heavy (non-hydrogen) atoms. The van der Waals surface area contributed by atoms with Crippen LogP contribution in [-0.4, -0.2) is 23.5 Å². The Labute approximate surface area is 113 Å². The summed E-state index contributed by atoms with van der Waals surface area (Å²) in [5.74, 6) is 0.583. The number of hydrogen-bond donors (Lipinski definition) is 2. The maximum absolute atomic E-state index is 11.4. The zero-order valence-corrected chi connectivity index (χ0v) is 11.4. The van der Waals surface area contributed by atoms with Crippen molar-refractivity contribution in [3.63, 3.8) is 0 Å². The van der Waals surface area contributed by atoms with Gasteiger partial charge in [0.25, 0.3) is 0 Å². The Morgan fingerprint density at radius 1 is 1.44 bits per heavy atom. The van der Waals surface area contributed by atoms with Gasteiger partial charge < -0.3 is 15.8 Å². The fraction of sp³-hybridized carbons (Fsp3) is 0.385. The molecule has 1 aromatic carbocycles. The molecule has 0 aromatic heterocycles. The molecule has 0 atom stereocenters. The van der Waals surface area contributed by atoms with Gasteiger partial charge in [0.1, 0.15) is 10.7 Å². The number of rotatable bonds is 6. The molecule has 0 aliphatic heterocycles. The van der Waals surface area contributed by atoms with E-state index in [0.29, 0.717) is 24.3 Å². The first-order valence-electron chi connectivity index (χ1n) is 5.81. The van der Waals surface area contributed by atoms with E-state index < -0.39 is 0 Å². The average Bonchev–Trinajstić information content (AvgIpc) is 2.28. The summed E-state index contributed by atoms with van der Waals surface area (Å²) < 4.78 is 5.52. The number of thiocarbonyl (C=S) groups is 1. The van der Waals surface area contributed by atoms with E-state index in [0.717, 1.165) is 0 Å². The van der Waals surface area contributed by atoms with Crippen molar-refractivity contribution >= 4 is 23.1 Å². The number of ether oxygens (including phenoxy) is 1. The number of para-hydroxylation sites is 1. The summed E-state index contributed by atoms with van der Waals surface area (Å²) >= 11 is 4.93. The van der Waals surface area contributed by atoms with Gasteiger partial charge in [-0.2, -0.15) is 0 Å². The van der Waals surface area contributed by atoms with Gasteiger partial charge in [-0.25, -0.2) is 0 Å². The van der Waals surface area contributed by atoms with E-state index in [9.17, 15) is 4.79 Å². The van der Waals surface area contributed by atoms with Crippen LogP contribution in [0.4, 0.5) is 0 Å². The molecule has 0 saturated heterocycles. The van der Waals surface area contributed by atoms with Gasteiger partial charge in [0.05, 0.1) is 18.6 Å². The summed E-state index contributed by atoms with van der Waals surface area (Å²) in [5, 5.41) is 2.80. The Kier molecular flexibility index (Phi) is 5.58. The number of carbonyl (C=O) groups excluding carboxylic acids is 1. The van der Waals surface area contributed by atoms with E-state index in [1.54, 1.807) is 12.1 Å². The van der Waals surface area contributed by atoms with Crippen LogP contribution in [0.1, 0.15) is 25.8 Å². The largest absolute Gasteiger partial charge is 0.492 e. The van der Waals surface area contributed by atoms with Crippen LogP contribution in [0.3, 0.4) is 0 Å². The molecule has 98 valence electrons. The van der Waals surface area contributed by atoms with Crippen LogP contribution >= 0.6 is 12.2 Å². The van der Waals surface area contributed by atoms with Gasteiger partial charge in [0, 0.05) is 6.04 Å². The standard InChI is InChI=1S/C13H18N2O2S/c1-9(2)15-12(16)7-8-17-11-6-4-3-5-10(11)13(14)18/h3-6,9H,7-8H2,1-2H3,(H2,14,18)(H,15,16). The molecule has 0 fully saturated rings. The minimum Gasteiger partial charge on any atom is -0.492 e. The molecule has 1 rings (SSSR count). The molecule has 4 nitrogen and oxygen atoms in total. The van der Waals surface area contributed by atoms with Crippen molar-refractivity contribution in [3.8, 4) is 5.75 Å². The molecule has 1 aromatic rings. The summed E-state index contributed by atoms with van der Waals surface area (Å²) in [6.07, 6.45) is 0.309. The predicted octanol–water partition coefficient (Wildman–Crippen LogP) is 1.61. The van der Waals surface area contributed by atoms with Gasteiger partial charge in [-0.3, -0.25) is 4.79 Å². The van der Waals surface area contributed by atoms with Crippen LogP contribution < -0.4 is 15.8 Å². The summed E-state index contributed by atoms with van der Waals surface area (Å²) in [6.45, 7) is 4.14. The summed E-state index contributed by atoms with van der Waals surface area (Å²) in [5.41, 5.74) is 6.28. The summed E-state index contributed by atoms with van der Waals surface area (Å²) in [6, 6.07) is 7.40. The number of hydrogen-bond acceptors (Lipinski definition) is 3. The molecule has 0 aliphatic rings. The maximum Gasteiger partial charge on any atom is 0.223 e. The molecular formula is C13H18N2O2S. The second-order valence-electron chi connectivity index (χ2n) is 4.18. The highest BCUT2D eigenvalue weighted by atomic mass is 32.1. The number of carbonyl (C=O) groups is 1. The van der Waals surface area contributed by atoms with Crippen LogP contribution in [0.15, 0.2) is 24.3 Å². The number of benzene rings is 1. The van der Waals surface area contributed by atoms with Gasteiger partial charge in [-0.1, -0.05) is 24.4 Å². The predicted molar refractivity (Wildman–Crippen MR) is 75.7 cm³/mol. The molecular weight excluding hydrogens is 248 g/mol. The Bertz CT molecular complexity index is 433. The van der Waals surface area contributed by atoms with Crippen LogP contribution in [0.25, 0.3) is 0 Å². The van der Waals surface area contributed by atoms with E-state index in [1.807, 2.05) is 26.0 Å². The molecule has 0 heterocycles. The molecule has 1 amide bonds. The lowest BCUT2D eigenvalue weighted by molar-refractivity contribution is -0.122. The van der Waals surface area contributed by atoms with E-state index in [4.69, 9.17) is 22.7 Å². The normalized spacial score (nSPS) is 10.2. The summed E-state index contributed by atoms with van der Waals surface area (Å²) in [7, 11) is 0. The molecule has 0 saturated carbocycles. The number of nitrogens with one attached hydrogen (secondary N) is 1.